The zero-order valence-corrected chi connectivity index (χ0v) is 11.8. The summed E-state index contributed by atoms with van der Waals surface area (Å²) < 4.78 is 0.713. The van der Waals surface area contributed by atoms with E-state index in [0.717, 1.165) is 16.8 Å². The molecule has 0 aliphatic heterocycles. The Morgan fingerprint density at radius 3 is 2.39 bits per heavy atom. The number of nitrogens with one attached hydrogen (secondary N) is 1. The van der Waals surface area contributed by atoms with Gasteiger partial charge < -0.3 is 5.32 Å². The molecule has 18 heavy (non-hydrogen) atoms. The third kappa shape index (κ3) is 3.17. The number of hydrogen-bond acceptors (Lipinski definition) is 2. The molecule has 0 fully saturated rings. The number of nitrogens with zero attached hydrogens (tertiary/aromatic N) is 1. The first kappa shape index (κ1) is 12.8. The number of rotatable bonds is 2. The predicted molar refractivity (Wildman–Crippen MR) is 75.8 cm³/mol. The Hall–Kier alpha value is -1.68. The Balaban J connectivity index is 2.18. The largest absolute Gasteiger partial charge is 0.322 e. The number of carbonyl (C=O) groups excluding carboxylic acids is 1. The molecule has 0 spiro atoms. The van der Waals surface area contributed by atoms with Gasteiger partial charge >= 0.3 is 0 Å². The first-order valence-electron chi connectivity index (χ1n) is 5.56. The summed E-state index contributed by atoms with van der Waals surface area (Å²) in [6.45, 7) is 4.01. The van der Waals surface area contributed by atoms with Crippen molar-refractivity contribution in [1.82, 2.24) is 4.98 Å². The number of halogens is 1. The van der Waals surface area contributed by atoms with E-state index in [-0.39, 0.29) is 5.91 Å². The maximum absolute atomic E-state index is 12.0. The molecule has 1 aromatic heterocycles. The molecule has 0 aliphatic carbocycles. The highest BCUT2D eigenvalue weighted by molar-refractivity contribution is 9.10. The number of aromatic nitrogens is 1. The standard InChI is InChI=1S/C14H13BrN2O/c1-9-5-10(2)7-12(6-9)17-14(18)11-3-4-13(15)16-8-11/h3-8H,1-2H3,(H,17,18). The highest BCUT2D eigenvalue weighted by Crippen LogP contribution is 2.15. The minimum atomic E-state index is -0.153. The second kappa shape index (κ2) is 5.31. The molecule has 0 aliphatic rings. The van der Waals surface area contributed by atoms with Crippen LogP contribution in [0.1, 0.15) is 21.5 Å². The van der Waals surface area contributed by atoms with E-state index < -0.39 is 0 Å². The highest BCUT2D eigenvalue weighted by atomic mass is 79.9. The topological polar surface area (TPSA) is 42.0 Å². The number of aryl methyl sites for hydroxylation is 2. The molecule has 2 rings (SSSR count). The van der Waals surface area contributed by atoms with Gasteiger partial charge in [-0.1, -0.05) is 6.07 Å². The second-order valence-electron chi connectivity index (χ2n) is 4.20. The van der Waals surface area contributed by atoms with Gasteiger partial charge in [-0.25, -0.2) is 4.98 Å². The molecule has 92 valence electrons. The van der Waals surface area contributed by atoms with E-state index in [1.807, 2.05) is 26.0 Å². The maximum Gasteiger partial charge on any atom is 0.257 e. The molecule has 1 amide bonds. The van der Waals surface area contributed by atoms with Crippen LogP contribution in [0.3, 0.4) is 0 Å². The molecular weight excluding hydrogens is 292 g/mol. The molecule has 0 bridgehead atoms. The quantitative estimate of drug-likeness (QED) is 0.859. The highest BCUT2D eigenvalue weighted by Gasteiger charge is 2.06. The van der Waals surface area contributed by atoms with Crippen LogP contribution >= 0.6 is 15.9 Å². The SMILES string of the molecule is Cc1cc(C)cc(NC(=O)c2ccc(Br)nc2)c1. The fourth-order valence-corrected chi connectivity index (χ4v) is 1.99. The Bertz CT molecular complexity index is 559. The molecular formula is C14H13BrN2O. The Morgan fingerprint density at radius 1 is 1.17 bits per heavy atom. The lowest BCUT2D eigenvalue weighted by atomic mass is 10.1. The third-order valence-corrected chi connectivity index (χ3v) is 2.94. The van der Waals surface area contributed by atoms with E-state index in [0.29, 0.717) is 10.2 Å². The van der Waals surface area contributed by atoms with Gasteiger partial charge in [-0.05, 0) is 65.2 Å². The van der Waals surface area contributed by atoms with Gasteiger partial charge in [0, 0.05) is 11.9 Å². The van der Waals surface area contributed by atoms with Crippen molar-refractivity contribution in [2.75, 3.05) is 5.32 Å². The van der Waals surface area contributed by atoms with Crippen molar-refractivity contribution in [3.63, 3.8) is 0 Å². The normalized spacial score (nSPS) is 10.2. The van der Waals surface area contributed by atoms with E-state index in [9.17, 15) is 4.79 Å². The molecule has 3 nitrogen and oxygen atoms in total. The molecule has 1 N–H and O–H groups in total. The minimum absolute atomic E-state index is 0.153. The van der Waals surface area contributed by atoms with Crippen LogP contribution in [0, 0.1) is 13.8 Å². The van der Waals surface area contributed by atoms with Crippen molar-refractivity contribution < 1.29 is 4.79 Å². The molecule has 0 atom stereocenters. The van der Waals surface area contributed by atoms with Gasteiger partial charge in [-0.2, -0.15) is 0 Å². The molecule has 0 saturated heterocycles. The zero-order chi connectivity index (χ0) is 13.1. The Kier molecular flexibility index (Phi) is 3.77. The van der Waals surface area contributed by atoms with Crippen LogP contribution in [0.15, 0.2) is 41.1 Å². The summed E-state index contributed by atoms with van der Waals surface area (Å²) in [4.78, 5) is 16.0. The van der Waals surface area contributed by atoms with Crippen LogP contribution in [0.5, 0.6) is 0 Å². The second-order valence-corrected chi connectivity index (χ2v) is 5.01. The van der Waals surface area contributed by atoms with Gasteiger partial charge in [0.25, 0.3) is 5.91 Å². The van der Waals surface area contributed by atoms with Crippen LogP contribution in [0.4, 0.5) is 5.69 Å². The van der Waals surface area contributed by atoms with Gasteiger partial charge in [-0.3, -0.25) is 4.79 Å². The molecule has 0 saturated carbocycles. The van der Waals surface area contributed by atoms with Crippen molar-refractivity contribution in [3.8, 4) is 0 Å². The molecule has 2 aromatic rings. The third-order valence-electron chi connectivity index (χ3n) is 2.47. The van der Waals surface area contributed by atoms with Gasteiger partial charge in [0.05, 0.1) is 5.56 Å². The van der Waals surface area contributed by atoms with Crippen LogP contribution < -0.4 is 5.32 Å². The van der Waals surface area contributed by atoms with Crippen molar-refractivity contribution in [1.29, 1.82) is 0 Å². The average Bonchev–Trinajstić information content (AvgIpc) is 2.28. The fraction of sp³-hybridized carbons (Fsp3) is 0.143. The van der Waals surface area contributed by atoms with Gasteiger partial charge in [0.15, 0.2) is 0 Å². The number of amides is 1. The first-order valence-corrected chi connectivity index (χ1v) is 6.35. The van der Waals surface area contributed by atoms with Crippen molar-refractivity contribution in [2.24, 2.45) is 0 Å². The lowest BCUT2D eigenvalue weighted by Gasteiger charge is -2.07. The van der Waals surface area contributed by atoms with Crippen LogP contribution in [0.2, 0.25) is 0 Å². The van der Waals surface area contributed by atoms with E-state index in [1.54, 1.807) is 18.3 Å². The number of carbonyl (C=O) groups is 1. The van der Waals surface area contributed by atoms with E-state index >= 15 is 0 Å². The molecule has 0 unspecified atom stereocenters. The molecule has 4 heteroatoms. The van der Waals surface area contributed by atoms with Crippen LogP contribution in [-0.4, -0.2) is 10.9 Å². The van der Waals surface area contributed by atoms with Crippen molar-refractivity contribution >= 4 is 27.5 Å². The summed E-state index contributed by atoms with van der Waals surface area (Å²) >= 11 is 3.24. The monoisotopic (exact) mass is 304 g/mol. The summed E-state index contributed by atoms with van der Waals surface area (Å²) in [6.07, 6.45) is 1.54. The molecule has 0 radical (unpaired) electrons. The van der Waals surface area contributed by atoms with Gasteiger partial charge in [0.2, 0.25) is 0 Å². The lowest BCUT2D eigenvalue weighted by Crippen LogP contribution is -2.12. The first-order chi connectivity index (χ1) is 8.54. The fourth-order valence-electron chi connectivity index (χ4n) is 1.76. The molecule has 1 heterocycles. The van der Waals surface area contributed by atoms with Crippen LogP contribution in [-0.2, 0) is 0 Å². The Labute approximate surface area is 114 Å². The summed E-state index contributed by atoms with van der Waals surface area (Å²) in [6, 6.07) is 9.43. The van der Waals surface area contributed by atoms with Crippen LogP contribution in [0.25, 0.3) is 0 Å². The maximum atomic E-state index is 12.0. The van der Waals surface area contributed by atoms with E-state index in [4.69, 9.17) is 0 Å². The summed E-state index contributed by atoms with van der Waals surface area (Å²) in [5.41, 5.74) is 3.59. The smallest absolute Gasteiger partial charge is 0.257 e. The number of hydrogen-bond donors (Lipinski definition) is 1. The number of anilines is 1. The summed E-state index contributed by atoms with van der Waals surface area (Å²) in [7, 11) is 0. The minimum Gasteiger partial charge on any atom is -0.322 e. The summed E-state index contributed by atoms with van der Waals surface area (Å²) in [5, 5.41) is 2.87. The summed E-state index contributed by atoms with van der Waals surface area (Å²) in [5.74, 6) is -0.153. The van der Waals surface area contributed by atoms with Gasteiger partial charge in [0.1, 0.15) is 4.60 Å². The lowest BCUT2D eigenvalue weighted by molar-refractivity contribution is 0.102. The Morgan fingerprint density at radius 2 is 1.83 bits per heavy atom. The molecule has 1 aromatic carbocycles. The van der Waals surface area contributed by atoms with E-state index in [1.165, 1.54) is 0 Å². The number of benzene rings is 1. The van der Waals surface area contributed by atoms with Gasteiger partial charge in [-0.15, -0.1) is 0 Å². The van der Waals surface area contributed by atoms with E-state index in [2.05, 4.69) is 32.3 Å². The number of pyridine rings is 1. The van der Waals surface area contributed by atoms with Crippen molar-refractivity contribution in [3.05, 3.63) is 57.8 Å². The zero-order valence-electron chi connectivity index (χ0n) is 10.2. The predicted octanol–water partition coefficient (Wildman–Crippen LogP) is 3.71. The van der Waals surface area contributed by atoms with Crippen molar-refractivity contribution in [2.45, 2.75) is 13.8 Å². The average molecular weight is 305 g/mol.